The van der Waals surface area contributed by atoms with Crippen molar-refractivity contribution in [1.82, 2.24) is 0 Å². The molecule has 2 saturated carbocycles. The van der Waals surface area contributed by atoms with Crippen LogP contribution in [0.25, 0.3) is 0 Å². The molecule has 4 rings (SSSR count). The maximum Gasteiger partial charge on any atom is 0.141 e. The van der Waals surface area contributed by atoms with Crippen molar-refractivity contribution in [3.63, 3.8) is 0 Å². The molecule has 1 aliphatic heterocycles. The summed E-state index contributed by atoms with van der Waals surface area (Å²) in [5.74, 6) is 1.03. The molecule has 2 aliphatic carbocycles. The van der Waals surface area contributed by atoms with E-state index < -0.39 is 8.07 Å². The molecule has 1 saturated heterocycles. The second kappa shape index (κ2) is 6.80. The molecular formula is C25H38O2Si. The number of carbonyl (C=O) groups excluding carboxylic acids is 1. The first-order valence-corrected chi connectivity index (χ1v) is 13.7. The van der Waals surface area contributed by atoms with Gasteiger partial charge in [-0.05, 0) is 62.1 Å². The van der Waals surface area contributed by atoms with Crippen molar-refractivity contribution >= 4 is 19.0 Å². The molecule has 1 aromatic carbocycles. The molecule has 2 nitrogen and oxygen atoms in total. The average Bonchev–Trinajstić information content (AvgIpc) is 3.14. The van der Waals surface area contributed by atoms with Crippen molar-refractivity contribution in [2.45, 2.75) is 95.9 Å². The molecule has 3 fully saturated rings. The van der Waals surface area contributed by atoms with Crippen molar-refractivity contribution in [2.24, 2.45) is 11.3 Å². The molecule has 0 radical (unpaired) electrons. The van der Waals surface area contributed by atoms with E-state index in [4.69, 9.17) is 4.74 Å². The molecule has 1 aromatic rings. The van der Waals surface area contributed by atoms with Gasteiger partial charge in [-0.2, -0.15) is 0 Å². The van der Waals surface area contributed by atoms with Gasteiger partial charge in [0.15, 0.2) is 0 Å². The minimum Gasteiger partial charge on any atom is -0.374 e. The van der Waals surface area contributed by atoms with E-state index >= 15 is 0 Å². The highest BCUT2D eigenvalue weighted by Crippen LogP contribution is 2.67. The number of hydrogen-bond donors (Lipinski definition) is 0. The topological polar surface area (TPSA) is 26.3 Å². The molecule has 4 atom stereocenters. The highest BCUT2D eigenvalue weighted by atomic mass is 28.3. The summed E-state index contributed by atoms with van der Waals surface area (Å²) in [6.45, 7) is 15.1. The van der Waals surface area contributed by atoms with Crippen LogP contribution in [-0.4, -0.2) is 26.1 Å². The molecule has 0 aromatic heterocycles. The summed E-state index contributed by atoms with van der Waals surface area (Å²) in [6.07, 6.45) is 5.06. The normalized spacial score (nSPS) is 35.5. The number of carbonyl (C=O) groups is 1. The molecule has 0 bridgehead atoms. The number of Topliss-reactive ketones (excluding diaryl/α,β-unsaturated/α-hetero) is 1. The van der Waals surface area contributed by atoms with Gasteiger partial charge in [-0.3, -0.25) is 4.79 Å². The van der Waals surface area contributed by atoms with Crippen molar-refractivity contribution < 1.29 is 9.53 Å². The molecule has 0 unspecified atom stereocenters. The van der Waals surface area contributed by atoms with Crippen LogP contribution in [0.15, 0.2) is 24.3 Å². The quantitative estimate of drug-likeness (QED) is 0.601. The SMILES string of the molecule is Cc1ccc([Si](C(C)C)(C(C)C)[C@@H]2CO[C@]34CCCC(=O)[C@@]3(C)CC[C@H]24)cc1. The molecule has 3 heteroatoms. The van der Waals surface area contributed by atoms with E-state index in [0.29, 0.717) is 28.3 Å². The third-order valence-corrected chi connectivity index (χ3v) is 16.1. The number of rotatable bonds is 4. The lowest BCUT2D eigenvalue weighted by molar-refractivity contribution is -0.156. The monoisotopic (exact) mass is 398 g/mol. The molecule has 0 amide bonds. The van der Waals surface area contributed by atoms with Crippen LogP contribution in [0.2, 0.25) is 16.6 Å². The summed E-state index contributed by atoms with van der Waals surface area (Å²) in [4.78, 5) is 13.0. The van der Waals surface area contributed by atoms with Crippen LogP contribution >= 0.6 is 0 Å². The van der Waals surface area contributed by atoms with Gasteiger partial charge in [-0.15, -0.1) is 0 Å². The fourth-order valence-electron chi connectivity index (χ4n) is 7.86. The van der Waals surface area contributed by atoms with E-state index in [1.54, 1.807) is 5.19 Å². The van der Waals surface area contributed by atoms with Crippen LogP contribution < -0.4 is 5.19 Å². The van der Waals surface area contributed by atoms with Gasteiger partial charge in [0.1, 0.15) is 5.78 Å². The number of ketones is 1. The zero-order chi connectivity index (χ0) is 20.3. The second-order valence-corrected chi connectivity index (χ2v) is 16.2. The van der Waals surface area contributed by atoms with Gasteiger partial charge >= 0.3 is 0 Å². The van der Waals surface area contributed by atoms with Gasteiger partial charge in [0.2, 0.25) is 0 Å². The Morgan fingerprint density at radius 1 is 1.07 bits per heavy atom. The van der Waals surface area contributed by atoms with E-state index in [0.717, 1.165) is 32.3 Å². The van der Waals surface area contributed by atoms with E-state index in [1.165, 1.54) is 12.0 Å². The minimum absolute atomic E-state index is 0.181. The van der Waals surface area contributed by atoms with E-state index in [1.807, 2.05) is 0 Å². The summed E-state index contributed by atoms with van der Waals surface area (Å²) in [5.41, 5.74) is 2.84. The Balaban J connectivity index is 1.83. The highest BCUT2D eigenvalue weighted by Gasteiger charge is 2.70. The molecule has 1 heterocycles. The molecule has 3 aliphatic rings. The lowest BCUT2D eigenvalue weighted by atomic mass is 9.63. The molecule has 0 N–H and O–H groups in total. The first kappa shape index (κ1) is 20.3. The first-order chi connectivity index (χ1) is 13.2. The fourth-order valence-corrected chi connectivity index (χ4v) is 14.9. The van der Waals surface area contributed by atoms with Gasteiger partial charge in [-0.25, -0.2) is 0 Å². The zero-order valence-electron chi connectivity index (χ0n) is 18.7. The van der Waals surface area contributed by atoms with E-state index in [2.05, 4.69) is 65.8 Å². The maximum absolute atomic E-state index is 13.0. The molecule has 1 spiro atoms. The predicted octanol–water partition coefficient (Wildman–Crippen LogP) is 5.78. The van der Waals surface area contributed by atoms with Gasteiger partial charge in [0.05, 0.1) is 19.1 Å². The Hall–Kier alpha value is -0.933. The van der Waals surface area contributed by atoms with Crippen LogP contribution in [0.4, 0.5) is 0 Å². The smallest absolute Gasteiger partial charge is 0.141 e. The lowest BCUT2D eigenvalue weighted by Gasteiger charge is -2.49. The first-order valence-electron chi connectivity index (χ1n) is 11.4. The Labute approximate surface area is 172 Å². The molecule has 154 valence electrons. The fraction of sp³-hybridized carbons (Fsp3) is 0.720. The summed E-state index contributed by atoms with van der Waals surface area (Å²) in [6, 6.07) is 9.45. The van der Waals surface area contributed by atoms with Crippen molar-refractivity contribution in [2.75, 3.05) is 6.61 Å². The number of hydrogen-bond acceptors (Lipinski definition) is 2. The summed E-state index contributed by atoms with van der Waals surface area (Å²) < 4.78 is 6.82. The summed E-state index contributed by atoms with van der Waals surface area (Å²) in [5, 5.41) is 1.60. The number of benzene rings is 1. The highest BCUT2D eigenvalue weighted by molar-refractivity contribution is 6.95. The average molecular weight is 399 g/mol. The van der Waals surface area contributed by atoms with Gasteiger partial charge in [0.25, 0.3) is 0 Å². The molecule has 28 heavy (non-hydrogen) atoms. The summed E-state index contributed by atoms with van der Waals surface area (Å²) in [7, 11) is -1.87. The van der Waals surface area contributed by atoms with Crippen LogP contribution in [0.5, 0.6) is 0 Å². The van der Waals surface area contributed by atoms with E-state index in [9.17, 15) is 4.79 Å². The standard InChI is InChI=1S/C25H38O2Si/c1-17(2)28(18(3)4,20-11-9-19(5)10-12-20)22-16-27-25-14-7-8-23(26)24(25,6)15-13-21(22)25/h9-12,17-18,21-22H,7-8,13-16H2,1-6H3/t21-,22-,24-,25+/m1/s1. The lowest BCUT2D eigenvalue weighted by Crippen LogP contribution is -2.60. The van der Waals surface area contributed by atoms with Crippen LogP contribution in [-0.2, 0) is 9.53 Å². The maximum atomic E-state index is 13.0. The second-order valence-electron chi connectivity index (χ2n) is 10.7. The van der Waals surface area contributed by atoms with Crippen LogP contribution in [0.1, 0.15) is 72.3 Å². The largest absolute Gasteiger partial charge is 0.374 e. The third kappa shape index (κ3) is 2.44. The van der Waals surface area contributed by atoms with Gasteiger partial charge in [-0.1, -0.05) is 62.7 Å². The zero-order valence-corrected chi connectivity index (χ0v) is 19.7. The Kier molecular flexibility index (Phi) is 4.94. The van der Waals surface area contributed by atoms with Gasteiger partial charge in [0, 0.05) is 13.0 Å². The Morgan fingerprint density at radius 3 is 2.32 bits per heavy atom. The minimum atomic E-state index is -1.87. The van der Waals surface area contributed by atoms with Crippen molar-refractivity contribution in [1.29, 1.82) is 0 Å². The number of ether oxygens (including phenoxy) is 1. The van der Waals surface area contributed by atoms with Crippen LogP contribution in [0, 0.1) is 18.3 Å². The predicted molar refractivity (Wildman–Crippen MR) is 119 cm³/mol. The van der Waals surface area contributed by atoms with Gasteiger partial charge < -0.3 is 4.74 Å². The summed E-state index contributed by atoms with van der Waals surface area (Å²) >= 11 is 0. The third-order valence-electron chi connectivity index (χ3n) is 9.14. The van der Waals surface area contributed by atoms with Crippen LogP contribution in [0.3, 0.4) is 0 Å². The Bertz CT molecular complexity index is 744. The number of aryl methyl sites for hydroxylation is 1. The van der Waals surface area contributed by atoms with Crippen molar-refractivity contribution in [3.8, 4) is 0 Å². The molecular weight excluding hydrogens is 360 g/mol. The van der Waals surface area contributed by atoms with E-state index in [-0.39, 0.29) is 11.0 Å². The Morgan fingerprint density at radius 2 is 1.71 bits per heavy atom. The van der Waals surface area contributed by atoms with Crippen molar-refractivity contribution in [3.05, 3.63) is 29.8 Å².